The van der Waals surface area contributed by atoms with E-state index in [-0.39, 0.29) is 34.6 Å². The van der Waals surface area contributed by atoms with Gasteiger partial charge in [-0.25, -0.2) is 4.79 Å². The van der Waals surface area contributed by atoms with Gasteiger partial charge in [0, 0.05) is 22.3 Å². The van der Waals surface area contributed by atoms with Crippen LogP contribution in [0.1, 0.15) is 40.5 Å². The molecule has 0 fully saturated rings. The van der Waals surface area contributed by atoms with Gasteiger partial charge in [0.2, 0.25) is 5.76 Å². The average molecular weight is 364 g/mol. The molecular formula is C16H16N2O6S. The van der Waals surface area contributed by atoms with Crippen LogP contribution in [-0.4, -0.2) is 27.2 Å². The van der Waals surface area contributed by atoms with Crippen LogP contribution >= 0.6 is 11.8 Å². The molecule has 0 atom stereocenters. The predicted octanol–water partition coefficient (Wildman–Crippen LogP) is 3.32. The standard InChI is InChI=1S/C16H16N2O6S/c1-9(2)25-14-6-3-10(18(22)23)7-12(14)15(19)17-8-11-4-5-13(24-11)16(20)21/h3-7,9H,8H2,1-2H3,(H,17,19)(H,20,21). The first kappa shape index (κ1) is 18.5. The maximum atomic E-state index is 12.4. The van der Waals surface area contributed by atoms with Crippen LogP contribution in [0, 0.1) is 10.1 Å². The zero-order valence-electron chi connectivity index (χ0n) is 13.5. The average Bonchev–Trinajstić information content (AvgIpc) is 3.01. The van der Waals surface area contributed by atoms with E-state index in [1.807, 2.05) is 13.8 Å². The third-order valence-electron chi connectivity index (χ3n) is 3.08. The Balaban J connectivity index is 2.19. The smallest absolute Gasteiger partial charge is 0.371 e. The van der Waals surface area contributed by atoms with Gasteiger partial charge in [-0.05, 0) is 18.2 Å². The fourth-order valence-corrected chi connectivity index (χ4v) is 2.95. The van der Waals surface area contributed by atoms with Crippen molar-refractivity contribution >= 4 is 29.3 Å². The Morgan fingerprint density at radius 2 is 2.04 bits per heavy atom. The maximum absolute atomic E-state index is 12.4. The number of nitro benzene ring substituents is 1. The van der Waals surface area contributed by atoms with Crippen molar-refractivity contribution in [2.24, 2.45) is 0 Å². The molecule has 2 N–H and O–H groups in total. The van der Waals surface area contributed by atoms with Crippen LogP contribution < -0.4 is 5.32 Å². The second-order valence-corrected chi connectivity index (χ2v) is 6.98. The minimum absolute atomic E-state index is 0.0272. The summed E-state index contributed by atoms with van der Waals surface area (Å²) in [4.78, 5) is 34.2. The SMILES string of the molecule is CC(C)Sc1ccc([N+](=O)[O-])cc1C(=O)NCc1ccc(C(=O)O)o1. The summed E-state index contributed by atoms with van der Waals surface area (Å²) < 4.78 is 5.06. The van der Waals surface area contributed by atoms with E-state index in [1.54, 1.807) is 6.07 Å². The first-order valence-corrected chi connectivity index (χ1v) is 8.21. The second-order valence-electron chi connectivity index (χ2n) is 5.36. The zero-order valence-corrected chi connectivity index (χ0v) is 14.3. The van der Waals surface area contributed by atoms with Crippen LogP contribution in [0.4, 0.5) is 5.69 Å². The number of non-ortho nitro benzene ring substituents is 1. The molecular weight excluding hydrogens is 348 g/mol. The molecule has 1 amide bonds. The van der Waals surface area contributed by atoms with Gasteiger partial charge in [0.15, 0.2) is 0 Å². The first-order valence-electron chi connectivity index (χ1n) is 7.33. The van der Waals surface area contributed by atoms with Crippen molar-refractivity contribution in [1.29, 1.82) is 0 Å². The Labute approximate surface area is 147 Å². The van der Waals surface area contributed by atoms with E-state index in [4.69, 9.17) is 9.52 Å². The molecule has 1 heterocycles. The van der Waals surface area contributed by atoms with Crippen LogP contribution in [0.2, 0.25) is 0 Å². The number of nitrogens with one attached hydrogen (secondary N) is 1. The van der Waals surface area contributed by atoms with Crippen molar-refractivity contribution in [3.8, 4) is 0 Å². The quantitative estimate of drug-likeness (QED) is 0.439. The number of carboxylic acid groups (broad SMARTS) is 1. The van der Waals surface area contributed by atoms with Crippen LogP contribution in [0.5, 0.6) is 0 Å². The third kappa shape index (κ3) is 4.83. The lowest BCUT2D eigenvalue weighted by Crippen LogP contribution is -2.23. The number of thioether (sulfide) groups is 1. The minimum atomic E-state index is -1.20. The highest BCUT2D eigenvalue weighted by atomic mass is 32.2. The Morgan fingerprint density at radius 1 is 1.32 bits per heavy atom. The molecule has 8 nitrogen and oxygen atoms in total. The van der Waals surface area contributed by atoms with Crippen LogP contribution in [0.15, 0.2) is 39.6 Å². The van der Waals surface area contributed by atoms with Gasteiger partial charge in [-0.2, -0.15) is 0 Å². The van der Waals surface area contributed by atoms with Crippen molar-refractivity contribution in [2.45, 2.75) is 30.5 Å². The normalized spacial score (nSPS) is 10.7. The molecule has 2 rings (SSSR count). The predicted molar refractivity (Wildman–Crippen MR) is 90.9 cm³/mol. The van der Waals surface area contributed by atoms with E-state index < -0.39 is 16.8 Å². The number of aromatic carboxylic acids is 1. The van der Waals surface area contributed by atoms with Gasteiger partial charge in [-0.15, -0.1) is 11.8 Å². The molecule has 0 aliphatic heterocycles. The minimum Gasteiger partial charge on any atom is -0.475 e. The van der Waals surface area contributed by atoms with Gasteiger partial charge >= 0.3 is 5.97 Å². The summed E-state index contributed by atoms with van der Waals surface area (Å²) >= 11 is 1.42. The number of furan rings is 1. The second kappa shape index (κ2) is 7.84. The van der Waals surface area contributed by atoms with Gasteiger partial charge < -0.3 is 14.8 Å². The number of hydrogen-bond acceptors (Lipinski definition) is 6. The Morgan fingerprint density at radius 3 is 2.60 bits per heavy atom. The molecule has 0 bridgehead atoms. The molecule has 0 spiro atoms. The summed E-state index contributed by atoms with van der Waals surface area (Å²) in [6.07, 6.45) is 0. The van der Waals surface area contributed by atoms with Crippen molar-refractivity contribution in [3.63, 3.8) is 0 Å². The molecule has 0 unspecified atom stereocenters. The molecule has 9 heteroatoms. The van der Waals surface area contributed by atoms with Crippen LogP contribution in [0.25, 0.3) is 0 Å². The number of amides is 1. The lowest BCUT2D eigenvalue weighted by Gasteiger charge is -2.11. The molecule has 0 aliphatic carbocycles. The number of carbonyl (C=O) groups is 2. The summed E-state index contributed by atoms with van der Waals surface area (Å²) in [6, 6.07) is 6.86. The zero-order chi connectivity index (χ0) is 18.6. The number of benzene rings is 1. The molecule has 2 aromatic rings. The van der Waals surface area contributed by atoms with Gasteiger partial charge in [0.25, 0.3) is 11.6 Å². The third-order valence-corrected chi connectivity index (χ3v) is 4.16. The van der Waals surface area contributed by atoms with E-state index in [0.717, 1.165) is 0 Å². The molecule has 1 aromatic heterocycles. The van der Waals surface area contributed by atoms with Crippen LogP contribution in [-0.2, 0) is 6.54 Å². The van der Waals surface area contributed by atoms with Crippen LogP contribution in [0.3, 0.4) is 0 Å². The summed E-state index contributed by atoms with van der Waals surface area (Å²) in [5.74, 6) is -1.66. The van der Waals surface area contributed by atoms with E-state index in [2.05, 4.69) is 5.32 Å². The highest BCUT2D eigenvalue weighted by molar-refractivity contribution is 8.00. The van der Waals surface area contributed by atoms with E-state index in [1.165, 1.54) is 36.0 Å². The molecule has 0 saturated carbocycles. The number of carboxylic acids is 1. The Hall–Kier alpha value is -2.81. The Kier molecular flexibility index (Phi) is 5.81. The monoisotopic (exact) mass is 364 g/mol. The largest absolute Gasteiger partial charge is 0.475 e. The Bertz CT molecular complexity index is 815. The van der Waals surface area contributed by atoms with E-state index >= 15 is 0 Å². The maximum Gasteiger partial charge on any atom is 0.371 e. The molecule has 25 heavy (non-hydrogen) atoms. The van der Waals surface area contributed by atoms with Gasteiger partial charge in [-0.3, -0.25) is 14.9 Å². The molecule has 0 aliphatic rings. The summed E-state index contributed by atoms with van der Waals surface area (Å²) in [5, 5.41) is 22.5. The van der Waals surface area contributed by atoms with Gasteiger partial charge in [0.1, 0.15) is 5.76 Å². The highest BCUT2D eigenvalue weighted by Gasteiger charge is 2.18. The molecule has 132 valence electrons. The molecule has 0 radical (unpaired) electrons. The topological polar surface area (TPSA) is 123 Å². The van der Waals surface area contributed by atoms with E-state index in [9.17, 15) is 19.7 Å². The number of rotatable bonds is 7. The molecule has 0 saturated heterocycles. The highest BCUT2D eigenvalue weighted by Crippen LogP contribution is 2.29. The lowest BCUT2D eigenvalue weighted by atomic mass is 10.2. The van der Waals surface area contributed by atoms with Gasteiger partial charge in [0.05, 0.1) is 17.0 Å². The number of hydrogen-bond donors (Lipinski definition) is 2. The summed E-state index contributed by atoms with van der Waals surface area (Å²) in [5.41, 5.74) is 0.0160. The van der Waals surface area contributed by atoms with Crippen molar-refractivity contribution in [1.82, 2.24) is 5.32 Å². The van der Waals surface area contributed by atoms with Crippen molar-refractivity contribution < 1.29 is 24.0 Å². The van der Waals surface area contributed by atoms with E-state index in [0.29, 0.717) is 4.90 Å². The fraction of sp³-hybridized carbons (Fsp3) is 0.250. The van der Waals surface area contributed by atoms with Crippen molar-refractivity contribution in [2.75, 3.05) is 0 Å². The lowest BCUT2D eigenvalue weighted by molar-refractivity contribution is -0.384. The number of nitro groups is 1. The van der Waals surface area contributed by atoms with Crippen molar-refractivity contribution in [3.05, 3.63) is 57.5 Å². The summed E-state index contributed by atoms with van der Waals surface area (Å²) in [7, 11) is 0. The number of nitrogens with zero attached hydrogens (tertiary/aromatic N) is 1. The molecule has 1 aromatic carbocycles. The first-order chi connectivity index (χ1) is 11.8. The number of carbonyl (C=O) groups excluding carboxylic acids is 1. The fourth-order valence-electron chi connectivity index (χ4n) is 2.02. The van der Waals surface area contributed by atoms with Gasteiger partial charge in [-0.1, -0.05) is 13.8 Å². The summed E-state index contributed by atoms with van der Waals surface area (Å²) in [6.45, 7) is 3.87.